The smallest absolute Gasteiger partial charge is 0.340 e. The molecule has 0 bridgehead atoms. The summed E-state index contributed by atoms with van der Waals surface area (Å²) in [6.45, 7) is 1.50. The molecule has 0 saturated heterocycles. The van der Waals surface area contributed by atoms with E-state index in [1.54, 1.807) is 12.1 Å². The Balaban J connectivity index is 1.93. The molecule has 0 atom stereocenters. The summed E-state index contributed by atoms with van der Waals surface area (Å²) in [5.74, 6) is -1.12. The lowest BCUT2D eigenvalue weighted by atomic mass is 10.2. The summed E-state index contributed by atoms with van der Waals surface area (Å²) in [5.41, 5.74) is 7.66. The van der Waals surface area contributed by atoms with Crippen molar-refractivity contribution in [3.05, 3.63) is 57.0 Å². The molecule has 0 aromatic heterocycles. The number of nitrogen functional groups attached to an aromatic ring is 1. The number of nitrogens with two attached hydrogens (primary N) is 1. The molecule has 5 nitrogen and oxygen atoms in total. The van der Waals surface area contributed by atoms with Gasteiger partial charge in [0.1, 0.15) is 0 Å². The van der Waals surface area contributed by atoms with Crippen LogP contribution in [-0.2, 0) is 9.53 Å². The molecule has 3 N–H and O–H groups in total. The largest absolute Gasteiger partial charge is 0.452 e. The SMILES string of the molecule is Cc1cc(NC(=O)COC(=O)c2ccc(Cl)cc2N)ccc1Br. The second-order valence-corrected chi connectivity index (χ2v) is 6.11. The highest BCUT2D eigenvalue weighted by Crippen LogP contribution is 2.20. The Morgan fingerprint density at radius 2 is 2.00 bits per heavy atom. The van der Waals surface area contributed by atoms with Gasteiger partial charge in [0.25, 0.3) is 5.91 Å². The lowest BCUT2D eigenvalue weighted by Gasteiger charge is -2.09. The first-order valence-corrected chi connectivity index (χ1v) is 7.82. The van der Waals surface area contributed by atoms with Crippen LogP contribution in [0.3, 0.4) is 0 Å². The number of anilines is 2. The Morgan fingerprint density at radius 1 is 1.26 bits per heavy atom. The number of carbonyl (C=O) groups is 2. The Morgan fingerprint density at radius 3 is 2.65 bits per heavy atom. The number of amides is 1. The van der Waals surface area contributed by atoms with Crippen molar-refractivity contribution in [2.75, 3.05) is 17.7 Å². The number of rotatable bonds is 4. The molecule has 23 heavy (non-hydrogen) atoms. The maximum atomic E-state index is 11.9. The number of nitrogens with one attached hydrogen (secondary N) is 1. The van der Waals surface area contributed by atoms with Gasteiger partial charge in [-0.2, -0.15) is 0 Å². The molecule has 0 aliphatic rings. The average molecular weight is 398 g/mol. The standard InChI is InChI=1S/C16H14BrClN2O3/c1-9-6-11(3-5-13(9)17)20-15(21)8-23-16(22)12-4-2-10(18)7-14(12)19/h2-7H,8,19H2,1H3,(H,20,21). The van der Waals surface area contributed by atoms with Crippen molar-refractivity contribution in [1.29, 1.82) is 0 Å². The molecule has 0 heterocycles. The summed E-state index contributed by atoms with van der Waals surface area (Å²) in [4.78, 5) is 23.7. The summed E-state index contributed by atoms with van der Waals surface area (Å²) in [5, 5.41) is 3.07. The number of esters is 1. The first kappa shape index (κ1) is 17.3. The number of benzene rings is 2. The van der Waals surface area contributed by atoms with Crippen molar-refractivity contribution < 1.29 is 14.3 Å². The van der Waals surface area contributed by atoms with Gasteiger partial charge in [-0.1, -0.05) is 27.5 Å². The normalized spacial score (nSPS) is 10.2. The molecule has 2 rings (SSSR count). The molecular weight excluding hydrogens is 384 g/mol. The van der Waals surface area contributed by atoms with Crippen molar-refractivity contribution in [2.24, 2.45) is 0 Å². The number of carbonyl (C=O) groups excluding carboxylic acids is 2. The molecule has 1 amide bonds. The third-order valence-corrected chi connectivity index (χ3v) is 4.13. The van der Waals surface area contributed by atoms with Gasteiger partial charge in [-0.15, -0.1) is 0 Å². The molecule has 0 radical (unpaired) electrons. The summed E-state index contributed by atoms with van der Waals surface area (Å²) < 4.78 is 5.90. The van der Waals surface area contributed by atoms with Crippen LogP contribution < -0.4 is 11.1 Å². The predicted molar refractivity (Wildman–Crippen MR) is 93.7 cm³/mol. The maximum Gasteiger partial charge on any atom is 0.340 e. The zero-order chi connectivity index (χ0) is 17.0. The van der Waals surface area contributed by atoms with Crippen molar-refractivity contribution in [3.8, 4) is 0 Å². The van der Waals surface area contributed by atoms with Crippen LogP contribution in [0.4, 0.5) is 11.4 Å². The highest BCUT2D eigenvalue weighted by Gasteiger charge is 2.13. The van der Waals surface area contributed by atoms with Crippen LogP contribution in [0.25, 0.3) is 0 Å². The van der Waals surface area contributed by atoms with Crippen LogP contribution in [0.15, 0.2) is 40.9 Å². The third-order valence-electron chi connectivity index (χ3n) is 3.01. The van der Waals surface area contributed by atoms with Gasteiger partial charge in [0.05, 0.1) is 5.56 Å². The maximum absolute atomic E-state index is 11.9. The Hall–Kier alpha value is -2.05. The fourth-order valence-electron chi connectivity index (χ4n) is 1.85. The Bertz CT molecular complexity index is 765. The highest BCUT2D eigenvalue weighted by atomic mass is 79.9. The average Bonchev–Trinajstić information content (AvgIpc) is 2.48. The van der Waals surface area contributed by atoms with Crippen molar-refractivity contribution in [3.63, 3.8) is 0 Å². The highest BCUT2D eigenvalue weighted by molar-refractivity contribution is 9.10. The molecule has 0 fully saturated rings. The monoisotopic (exact) mass is 396 g/mol. The minimum Gasteiger partial charge on any atom is -0.452 e. The summed E-state index contributed by atoms with van der Waals surface area (Å²) in [6, 6.07) is 9.80. The van der Waals surface area contributed by atoms with E-state index in [2.05, 4.69) is 21.2 Å². The summed E-state index contributed by atoms with van der Waals surface area (Å²) in [7, 11) is 0. The first-order chi connectivity index (χ1) is 10.9. The zero-order valence-electron chi connectivity index (χ0n) is 12.2. The van der Waals surface area contributed by atoms with E-state index in [9.17, 15) is 9.59 Å². The number of aryl methyl sites for hydroxylation is 1. The second-order valence-electron chi connectivity index (χ2n) is 4.82. The van der Waals surface area contributed by atoms with Crippen molar-refractivity contribution in [2.45, 2.75) is 6.92 Å². The van der Waals surface area contributed by atoms with Crippen LogP contribution in [0.5, 0.6) is 0 Å². The van der Waals surface area contributed by atoms with E-state index >= 15 is 0 Å². The van der Waals surface area contributed by atoms with E-state index in [1.807, 2.05) is 13.0 Å². The van der Waals surface area contributed by atoms with Gasteiger partial charge in [-0.05, 0) is 48.9 Å². The molecule has 0 aliphatic carbocycles. The Kier molecular flexibility index (Phi) is 5.63. The quantitative estimate of drug-likeness (QED) is 0.607. The molecule has 7 heteroatoms. The predicted octanol–water partition coefficient (Wildman–Crippen LogP) is 3.79. The second kappa shape index (κ2) is 7.48. The lowest BCUT2D eigenvalue weighted by molar-refractivity contribution is -0.119. The van der Waals surface area contributed by atoms with E-state index < -0.39 is 18.5 Å². The van der Waals surface area contributed by atoms with Crippen LogP contribution in [0, 0.1) is 6.92 Å². The third kappa shape index (κ3) is 4.71. The van der Waals surface area contributed by atoms with Crippen LogP contribution in [0.1, 0.15) is 15.9 Å². The lowest BCUT2D eigenvalue weighted by Crippen LogP contribution is -2.21. The van der Waals surface area contributed by atoms with Gasteiger partial charge in [-0.3, -0.25) is 4.79 Å². The Labute approximate surface area is 146 Å². The van der Waals surface area contributed by atoms with E-state index in [0.717, 1.165) is 10.0 Å². The zero-order valence-corrected chi connectivity index (χ0v) is 14.6. The van der Waals surface area contributed by atoms with Crippen molar-refractivity contribution in [1.82, 2.24) is 0 Å². The number of hydrogen-bond acceptors (Lipinski definition) is 4. The van der Waals surface area contributed by atoms with Crippen LogP contribution >= 0.6 is 27.5 Å². The molecule has 0 saturated carbocycles. The topological polar surface area (TPSA) is 81.4 Å². The van der Waals surface area contributed by atoms with Crippen LogP contribution in [0.2, 0.25) is 5.02 Å². The van der Waals surface area contributed by atoms with E-state index in [0.29, 0.717) is 10.7 Å². The fraction of sp³-hybridized carbons (Fsp3) is 0.125. The molecule has 2 aromatic carbocycles. The fourth-order valence-corrected chi connectivity index (χ4v) is 2.28. The van der Waals surface area contributed by atoms with Gasteiger partial charge in [-0.25, -0.2) is 4.79 Å². The van der Waals surface area contributed by atoms with Gasteiger partial charge < -0.3 is 15.8 Å². The van der Waals surface area contributed by atoms with E-state index in [4.69, 9.17) is 22.1 Å². The van der Waals surface area contributed by atoms with Gasteiger partial charge in [0.2, 0.25) is 0 Å². The molecule has 0 spiro atoms. The number of hydrogen-bond donors (Lipinski definition) is 2. The molecule has 2 aromatic rings. The molecule has 0 aliphatic heterocycles. The first-order valence-electron chi connectivity index (χ1n) is 6.65. The molecule has 0 unspecified atom stereocenters. The summed E-state index contributed by atoms with van der Waals surface area (Å²) >= 11 is 9.14. The van der Waals surface area contributed by atoms with Crippen molar-refractivity contribution >= 4 is 50.8 Å². The number of ether oxygens (including phenoxy) is 1. The summed E-state index contributed by atoms with van der Waals surface area (Å²) in [6.07, 6.45) is 0. The molecule has 120 valence electrons. The minimum atomic E-state index is -0.679. The van der Waals surface area contributed by atoms with Gasteiger partial charge in [0, 0.05) is 20.9 Å². The van der Waals surface area contributed by atoms with E-state index in [1.165, 1.54) is 18.2 Å². The van der Waals surface area contributed by atoms with Gasteiger partial charge >= 0.3 is 5.97 Å². The van der Waals surface area contributed by atoms with Gasteiger partial charge in [0.15, 0.2) is 6.61 Å². The minimum absolute atomic E-state index is 0.168. The number of halogens is 2. The van der Waals surface area contributed by atoms with Crippen LogP contribution in [-0.4, -0.2) is 18.5 Å². The van der Waals surface area contributed by atoms with E-state index in [-0.39, 0.29) is 11.3 Å². The molecular formula is C16H14BrClN2O3.